The summed E-state index contributed by atoms with van der Waals surface area (Å²) in [5.41, 5.74) is 2.91. The monoisotopic (exact) mass is 257 g/mol. The van der Waals surface area contributed by atoms with Crippen molar-refractivity contribution in [2.24, 2.45) is 0 Å². The van der Waals surface area contributed by atoms with Crippen molar-refractivity contribution in [3.05, 3.63) is 35.5 Å². The third-order valence-electron chi connectivity index (χ3n) is 3.05. The van der Waals surface area contributed by atoms with Crippen LogP contribution in [0.25, 0.3) is 11.4 Å². The van der Waals surface area contributed by atoms with Gasteiger partial charge in [-0.2, -0.15) is 0 Å². The molecule has 0 fully saturated rings. The van der Waals surface area contributed by atoms with Gasteiger partial charge >= 0.3 is 0 Å². The predicted octanol–water partition coefficient (Wildman–Crippen LogP) is 3.32. The quantitative estimate of drug-likeness (QED) is 0.885. The van der Waals surface area contributed by atoms with Crippen LogP contribution in [0.15, 0.2) is 24.3 Å². The minimum absolute atomic E-state index is 0.220. The molecule has 100 valence electrons. The number of hydrogen-bond donors (Lipinski definition) is 2. The van der Waals surface area contributed by atoms with Crippen molar-refractivity contribution in [2.45, 2.75) is 26.7 Å². The first-order valence-electron chi connectivity index (χ1n) is 6.38. The van der Waals surface area contributed by atoms with Gasteiger partial charge in [0, 0.05) is 23.9 Å². The van der Waals surface area contributed by atoms with Gasteiger partial charge < -0.3 is 10.4 Å². The number of nitrogens with zero attached hydrogens (tertiary/aromatic N) is 2. The first-order chi connectivity index (χ1) is 9.02. The molecule has 0 amide bonds. The highest BCUT2D eigenvalue weighted by atomic mass is 16.3. The first kappa shape index (κ1) is 13.3. The fraction of sp³-hybridized carbons (Fsp3) is 0.333. The number of nitrogens with one attached hydrogen (secondary N) is 1. The van der Waals surface area contributed by atoms with E-state index in [4.69, 9.17) is 0 Å². The summed E-state index contributed by atoms with van der Waals surface area (Å²) in [5, 5.41) is 12.7. The van der Waals surface area contributed by atoms with Crippen LogP contribution in [0.4, 0.5) is 5.82 Å². The van der Waals surface area contributed by atoms with Gasteiger partial charge in [0.25, 0.3) is 0 Å². The lowest BCUT2D eigenvalue weighted by Crippen LogP contribution is -2.06. The molecule has 1 aromatic heterocycles. The molecule has 0 bridgehead atoms. The molecule has 0 unspecified atom stereocenters. The van der Waals surface area contributed by atoms with Crippen LogP contribution in [-0.2, 0) is 0 Å². The lowest BCUT2D eigenvalue weighted by atomic mass is 10.0. The molecule has 0 aliphatic heterocycles. The number of aromatic nitrogens is 2. The lowest BCUT2D eigenvalue weighted by Gasteiger charge is -2.15. The molecule has 1 heterocycles. The maximum absolute atomic E-state index is 9.54. The Morgan fingerprint density at radius 3 is 2.53 bits per heavy atom. The Hall–Kier alpha value is -2.10. The number of aromatic hydroxyl groups is 1. The SMILES string of the molecule is CNc1nc(-c2cccc(O)c2)nc(C)c1C(C)C. The van der Waals surface area contributed by atoms with Gasteiger partial charge in [-0.3, -0.25) is 0 Å². The van der Waals surface area contributed by atoms with Crippen molar-refractivity contribution in [3.8, 4) is 17.1 Å². The molecule has 2 rings (SSSR count). The summed E-state index contributed by atoms with van der Waals surface area (Å²) in [6.45, 7) is 6.24. The second kappa shape index (κ2) is 5.26. The molecule has 0 aliphatic rings. The van der Waals surface area contributed by atoms with Gasteiger partial charge in [0.05, 0.1) is 0 Å². The van der Waals surface area contributed by atoms with Gasteiger partial charge in [-0.15, -0.1) is 0 Å². The van der Waals surface area contributed by atoms with Crippen molar-refractivity contribution >= 4 is 5.82 Å². The molecule has 19 heavy (non-hydrogen) atoms. The van der Waals surface area contributed by atoms with E-state index in [0.29, 0.717) is 11.7 Å². The van der Waals surface area contributed by atoms with Crippen LogP contribution in [0, 0.1) is 6.92 Å². The zero-order chi connectivity index (χ0) is 14.0. The topological polar surface area (TPSA) is 58.0 Å². The van der Waals surface area contributed by atoms with Crippen LogP contribution < -0.4 is 5.32 Å². The fourth-order valence-electron chi connectivity index (χ4n) is 2.24. The minimum Gasteiger partial charge on any atom is -0.508 e. The van der Waals surface area contributed by atoms with E-state index >= 15 is 0 Å². The molecule has 4 nitrogen and oxygen atoms in total. The highest BCUT2D eigenvalue weighted by molar-refractivity contribution is 5.61. The third-order valence-corrected chi connectivity index (χ3v) is 3.05. The van der Waals surface area contributed by atoms with Crippen molar-refractivity contribution in [2.75, 3.05) is 12.4 Å². The Morgan fingerprint density at radius 2 is 1.95 bits per heavy atom. The molecule has 2 N–H and O–H groups in total. The zero-order valence-electron chi connectivity index (χ0n) is 11.7. The maximum Gasteiger partial charge on any atom is 0.161 e. The van der Waals surface area contributed by atoms with Crippen molar-refractivity contribution in [1.29, 1.82) is 0 Å². The molecule has 1 aromatic carbocycles. The fourth-order valence-corrected chi connectivity index (χ4v) is 2.24. The Bertz CT molecular complexity index is 594. The molecule has 0 saturated carbocycles. The number of anilines is 1. The molecule has 0 aliphatic carbocycles. The van der Waals surface area contributed by atoms with Crippen LogP contribution in [-0.4, -0.2) is 22.1 Å². The summed E-state index contributed by atoms with van der Waals surface area (Å²) in [5.74, 6) is 2.06. The standard InChI is InChI=1S/C15H19N3O/c1-9(2)13-10(3)17-14(18-15(13)16-4)11-6-5-7-12(19)8-11/h5-9,19H,1-4H3,(H,16,17,18). The predicted molar refractivity (Wildman–Crippen MR) is 77.5 cm³/mol. The van der Waals surface area contributed by atoms with E-state index in [2.05, 4.69) is 29.1 Å². The van der Waals surface area contributed by atoms with Gasteiger partial charge in [0.1, 0.15) is 11.6 Å². The van der Waals surface area contributed by atoms with Gasteiger partial charge in [-0.1, -0.05) is 26.0 Å². The molecule has 0 saturated heterocycles. The Balaban J connectivity index is 2.58. The van der Waals surface area contributed by atoms with Crippen LogP contribution in [0.1, 0.15) is 31.0 Å². The summed E-state index contributed by atoms with van der Waals surface area (Å²) < 4.78 is 0. The number of hydrogen-bond acceptors (Lipinski definition) is 4. The second-order valence-electron chi connectivity index (χ2n) is 4.85. The highest BCUT2D eigenvalue weighted by Crippen LogP contribution is 2.28. The second-order valence-corrected chi connectivity index (χ2v) is 4.85. The van der Waals surface area contributed by atoms with E-state index in [-0.39, 0.29) is 5.75 Å². The van der Waals surface area contributed by atoms with E-state index in [1.807, 2.05) is 20.0 Å². The van der Waals surface area contributed by atoms with Gasteiger partial charge in [-0.05, 0) is 25.0 Å². The number of aryl methyl sites for hydroxylation is 1. The van der Waals surface area contributed by atoms with Crippen molar-refractivity contribution < 1.29 is 5.11 Å². The molecule has 4 heteroatoms. The zero-order valence-corrected chi connectivity index (χ0v) is 11.7. The number of benzene rings is 1. The number of phenols is 1. The largest absolute Gasteiger partial charge is 0.508 e. The molecular formula is C15H19N3O. The molecule has 0 radical (unpaired) electrons. The average molecular weight is 257 g/mol. The highest BCUT2D eigenvalue weighted by Gasteiger charge is 2.14. The summed E-state index contributed by atoms with van der Waals surface area (Å²) in [4.78, 5) is 9.10. The Labute approximate surface area is 113 Å². The van der Waals surface area contributed by atoms with Crippen molar-refractivity contribution in [1.82, 2.24) is 9.97 Å². The summed E-state index contributed by atoms with van der Waals surface area (Å²) in [6.07, 6.45) is 0. The summed E-state index contributed by atoms with van der Waals surface area (Å²) >= 11 is 0. The number of phenolic OH excluding ortho intramolecular Hbond substituents is 1. The van der Waals surface area contributed by atoms with Crippen LogP contribution >= 0.6 is 0 Å². The van der Waals surface area contributed by atoms with E-state index in [1.165, 1.54) is 0 Å². The van der Waals surface area contributed by atoms with E-state index in [9.17, 15) is 5.11 Å². The molecular weight excluding hydrogens is 238 g/mol. The summed E-state index contributed by atoms with van der Waals surface area (Å²) in [7, 11) is 1.86. The third kappa shape index (κ3) is 2.67. The number of rotatable bonds is 3. The summed E-state index contributed by atoms with van der Waals surface area (Å²) in [6, 6.07) is 6.99. The molecule has 0 atom stereocenters. The normalized spacial score (nSPS) is 10.8. The smallest absolute Gasteiger partial charge is 0.161 e. The van der Waals surface area contributed by atoms with Gasteiger partial charge in [0.2, 0.25) is 0 Å². The van der Waals surface area contributed by atoms with Crippen LogP contribution in [0.3, 0.4) is 0 Å². The van der Waals surface area contributed by atoms with E-state index in [1.54, 1.807) is 18.2 Å². The van der Waals surface area contributed by atoms with Crippen LogP contribution in [0.5, 0.6) is 5.75 Å². The maximum atomic E-state index is 9.54. The van der Waals surface area contributed by atoms with Gasteiger partial charge in [0.15, 0.2) is 5.82 Å². The van der Waals surface area contributed by atoms with Gasteiger partial charge in [-0.25, -0.2) is 9.97 Å². The van der Waals surface area contributed by atoms with Crippen molar-refractivity contribution in [3.63, 3.8) is 0 Å². The van der Waals surface area contributed by atoms with E-state index < -0.39 is 0 Å². The Kier molecular flexibility index (Phi) is 3.69. The Morgan fingerprint density at radius 1 is 1.21 bits per heavy atom. The van der Waals surface area contributed by atoms with E-state index in [0.717, 1.165) is 22.6 Å². The lowest BCUT2D eigenvalue weighted by molar-refractivity contribution is 0.475. The van der Waals surface area contributed by atoms with Crippen LogP contribution in [0.2, 0.25) is 0 Å². The average Bonchev–Trinajstić information content (AvgIpc) is 2.37. The molecule has 0 spiro atoms. The first-order valence-corrected chi connectivity index (χ1v) is 6.38. The minimum atomic E-state index is 0.220. The molecule has 2 aromatic rings.